The Balaban J connectivity index is 1.60. The average Bonchev–Trinajstić information content (AvgIpc) is 3.06. The molecule has 1 aliphatic carbocycles. The van der Waals surface area contributed by atoms with Crippen LogP contribution in [-0.2, 0) is 6.42 Å². The van der Waals surface area contributed by atoms with Gasteiger partial charge < -0.3 is 10.1 Å². The molecule has 1 N–H and O–H groups in total. The predicted molar refractivity (Wildman–Crippen MR) is 100 cm³/mol. The average molecular weight is 418 g/mol. The van der Waals surface area contributed by atoms with Crippen molar-refractivity contribution in [3.05, 3.63) is 53.5 Å². The van der Waals surface area contributed by atoms with Crippen molar-refractivity contribution in [1.82, 2.24) is 14.6 Å². The zero-order valence-corrected chi connectivity index (χ0v) is 16.1. The molecule has 0 saturated heterocycles. The van der Waals surface area contributed by atoms with Gasteiger partial charge in [-0.3, -0.25) is 9.59 Å². The number of carbonyl (C=O) groups is 2. The molecule has 0 aliphatic heterocycles. The van der Waals surface area contributed by atoms with Crippen LogP contribution in [-0.4, -0.2) is 32.7 Å². The van der Waals surface area contributed by atoms with Gasteiger partial charge in [0.05, 0.1) is 17.5 Å². The summed E-state index contributed by atoms with van der Waals surface area (Å²) in [5.74, 6) is -0.932. The molecule has 2 heterocycles. The standard InChI is InChI=1S/C20H17F3N4O3/c1-19(2)7-15-13(16(28)8-19)9-24-17-14(10-25-27(15)17)18(29)26-11-3-5-12(6-4-11)30-20(21,22)23/h3-6,9-10H,7-8H2,1-2H3,(H,26,29). The minimum absolute atomic E-state index is 0.0154. The minimum Gasteiger partial charge on any atom is -0.406 e. The molecule has 30 heavy (non-hydrogen) atoms. The van der Waals surface area contributed by atoms with Crippen molar-refractivity contribution in [2.75, 3.05) is 5.32 Å². The van der Waals surface area contributed by atoms with Crippen LogP contribution in [0.3, 0.4) is 0 Å². The van der Waals surface area contributed by atoms with E-state index in [9.17, 15) is 22.8 Å². The van der Waals surface area contributed by atoms with E-state index in [1.807, 2.05) is 13.8 Å². The van der Waals surface area contributed by atoms with Crippen molar-refractivity contribution in [1.29, 1.82) is 0 Å². The van der Waals surface area contributed by atoms with Crippen LogP contribution in [0.15, 0.2) is 36.7 Å². The van der Waals surface area contributed by atoms with Crippen molar-refractivity contribution < 1.29 is 27.5 Å². The molecule has 0 atom stereocenters. The highest BCUT2D eigenvalue weighted by Crippen LogP contribution is 2.34. The Morgan fingerprint density at radius 3 is 2.53 bits per heavy atom. The summed E-state index contributed by atoms with van der Waals surface area (Å²) >= 11 is 0. The van der Waals surface area contributed by atoms with Crippen LogP contribution in [0.2, 0.25) is 0 Å². The molecule has 4 rings (SSSR count). The van der Waals surface area contributed by atoms with E-state index in [0.29, 0.717) is 29.7 Å². The first kappa shape index (κ1) is 19.9. The number of benzene rings is 1. The molecule has 0 bridgehead atoms. The van der Waals surface area contributed by atoms with Gasteiger partial charge in [0.25, 0.3) is 5.91 Å². The number of nitrogens with one attached hydrogen (secondary N) is 1. The van der Waals surface area contributed by atoms with Gasteiger partial charge in [-0.05, 0) is 36.1 Å². The van der Waals surface area contributed by atoms with Gasteiger partial charge in [0.1, 0.15) is 11.3 Å². The van der Waals surface area contributed by atoms with E-state index in [-0.39, 0.29) is 22.4 Å². The van der Waals surface area contributed by atoms with Crippen LogP contribution in [0.25, 0.3) is 5.65 Å². The Morgan fingerprint density at radius 2 is 1.87 bits per heavy atom. The second-order valence-electron chi connectivity index (χ2n) is 7.88. The number of nitrogens with zero attached hydrogens (tertiary/aromatic N) is 3. The number of ether oxygens (including phenoxy) is 1. The maximum atomic E-state index is 12.7. The predicted octanol–water partition coefficient (Wildman–Crippen LogP) is 4.04. The van der Waals surface area contributed by atoms with E-state index in [1.165, 1.54) is 29.0 Å². The lowest BCUT2D eigenvalue weighted by Gasteiger charge is -2.29. The molecule has 7 nitrogen and oxygen atoms in total. The Morgan fingerprint density at radius 1 is 1.17 bits per heavy atom. The summed E-state index contributed by atoms with van der Waals surface area (Å²) in [4.78, 5) is 29.3. The van der Waals surface area contributed by atoms with Crippen molar-refractivity contribution in [3.63, 3.8) is 0 Å². The Labute approximate surface area is 168 Å². The topological polar surface area (TPSA) is 85.6 Å². The fourth-order valence-electron chi connectivity index (χ4n) is 3.53. The molecule has 156 valence electrons. The number of anilines is 1. The van der Waals surface area contributed by atoms with E-state index in [4.69, 9.17) is 0 Å². The maximum Gasteiger partial charge on any atom is 0.573 e. The third-order valence-corrected chi connectivity index (χ3v) is 4.80. The number of amides is 1. The van der Waals surface area contributed by atoms with Gasteiger partial charge in [-0.15, -0.1) is 13.2 Å². The van der Waals surface area contributed by atoms with Crippen LogP contribution in [0.4, 0.5) is 18.9 Å². The number of rotatable bonds is 3. The van der Waals surface area contributed by atoms with E-state index < -0.39 is 18.0 Å². The van der Waals surface area contributed by atoms with Crippen molar-refractivity contribution in [3.8, 4) is 5.75 Å². The van der Waals surface area contributed by atoms with Crippen molar-refractivity contribution in [2.45, 2.75) is 33.1 Å². The Bertz CT molecular complexity index is 1150. The van der Waals surface area contributed by atoms with E-state index >= 15 is 0 Å². The molecule has 0 spiro atoms. The van der Waals surface area contributed by atoms with Gasteiger partial charge >= 0.3 is 6.36 Å². The number of halogens is 3. The van der Waals surface area contributed by atoms with Crippen molar-refractivity contribution >= 4 is 23.0 Å². The smallest absolute Gasteiger partial charge is 0.406 e. The summed E-state index contributed by atoms with van der Waals surface area (Å²) in [5.41, 5.74) is 1.74. The van der Waals surface area contributed by atoms with Crippen LogP contribution in [0.5, 0.6) is 5.75 Å². The molecule has 0 saturated carbocycles. The third-order valence-electron chi connectivity index (χ3n) is 4.80. The molecule has 1 aromatic carbocycles. The number of hydrogen-bond acceptors (Lipinski definition) is 5. The summed E-state index contributed by atoms with van der Waals surface area (Å²) in [5, 5.41) is 6.84. The highest BCUT2D eigenvalue weighted by Gasteiger charge is 2.34. The molecule has 1 aliphatic rings. The number of aromatic nitrogens is 3. The SMILES string of the molecule is CC1(C)CC(=O)c2cnc3c(C(=O)Nc4ccc(OC(F)(F)F)cc4)cnn3c2C1. The number of ketones is 1. The first-order chi connectivity index (χ1) is 14.0. The summed E-state index contributed by atoms with van der Waals surface area (Å²) in [6, 6.07) is 4.78. The number of carbonyl (C=O) groups excluding carboxylic acids is 2. The van der Waals surface area contributed by atoms with E-state index in [2.05, 4.69) is 20.1 Å². The van der Waals surface area contributed by atoms with Crippen LogP contribution < -0.4 is 10.1 Å². The zero-order valence-electron chi connectivity index (χ0n) is 16.1. The number of alkyl halides is 3. The van der Waals surface area contributed by atoms with Crippen LogP contribution >= 0.6 is 0 Å². The Kier molecular flexibility index (Phi) is 4.52. The first-order valence-electron chi connectivity index (χ1n) is 9.08. The summed E-state index contributed by atoms with van der Waals surface area (Å²) in [6.07, 6.45) is -0.954. The largest absolute Gasteiger partial charge is 0.573 e. The molecular weight excluding hydrogens is 401 g/mol. The number of fused-ring (bicyclic) bond motifs is 3. The van der Waals surface area contributed by atoms with Gasteiger partial charge in [0.15, 0.2) is 11.4 Å². The van der Waals surface area contributed by atoms with Gasteiger partial charge in [-0.1, -0.05) is 13.8 Å². The molecule has 3 aromatic rings. The monoisotopic (exact) mass is 418 g/mol. The normalized spacial score (nSPS) is 15.7. The van der Waals surface area contributed by atoms with Gasteiger partial charge in [-0.2, -0.15) is 5.10 Å². The van der Waals surface area contributed by atoms with Crippen LogP contribution in [0, 0.1) is 5.41 Å². The lowest BCUT2D eigenvalue weighted by molar-refractivity contribution is -0.274. The molecule has 0 unspecified atom stereocenters. The van der Waals surface area contributed by atoms with Gasteiger partial charge in [0.2, 0.25) is 0 Å². The maximum absolute atomic E-state index is 12.7. The lowest BCUT2D eigenvalue weighted by atomic mass is 9.76. The molecule has 0 fully saturated rings. The highest BCUT2D eigenvalue weighted by molar-refractivity contribution is 6.08. The highest BCUT2D eigenvalue weighted by atomic mass is 19.4. The minimum atomic E-state index is -4.79. The fraction of sp³-hybridized carbons (Fsp3) is 0.300. The molecule has 0 radical (unpaired) electrons. The molecular formula is C20H17F3N4O3. The van der Waals surface area contributed by atoms with Gasteiger partial charge in [0, 0.05) is 18.3 Å². The van der Waals surface area contributed by atoms with Gasteiger partial charge in [-0.25, -0.2) is 9.50 Å². The summed E-state index contributed by atoms with van der Waals surface area (Å²) < 4.78 is 42.1. The fourth-order valence-corrected chi connectivity index (χ4v) is 3.53. The third kappa shape index (κ3) is 3.85. The van der Waals surface area contributed by atoms with Crippen molar-refractivity contribution in [2.24, 2.45) is 5.41 Å². The lowest BCUT2D eigenvalue weighted by Crippen LogP contribution is -2.29. The second-order valence-corrected chi connectivity index (χ2v) is 7.88. The molecule has 1 amide bonds. The number of hydrogen-bond donors (Lipinski definition) is 1. The molecule has 10 heteroatoms. The number of Topliss-reactive ketones (excluding diaryl/α,β-unsaturated/α-hetero) is 1. The Hall–Kier alpha value is -3.43. The van der Waals surface area contributed by atoms with E-state index in [0.717, 1.165) is 12.1 Å². The summed E-state index contributed by atoms with van der Waals surface area (Å²) in [7, 11) is 0. The zero-order chi connectivity index (χ0) is 21.7. The van der Waals surface area contributed by atoms with E-state index in [1.54, 1.807) is 0 Å². The summed E-state index contributed by atoms with van der Waals surface area (Å²) in [6.45, 7) is 3.98. The second kappa shape index (κ2) is 6.82. The first-order valence-corrected chi connectivity index (χ1v) is 9.08. The molecule has 2 aromatic heterocycles. The van der Waals surface area contributed by atoms with Crippen LogP contribution in [0.1, 0.15) is 46.7 Å². The quantitative estimate of drug-likeness (QED) is 0.694.